The van der Waals surface area contributed by atoms with E-state index in [4.69, 9.17) is 4.74 Å². The maximum absolute atomic E-state index is 11.2. The summed E-state index contributed by atoms with van der Waals surface area (Å²) in [5, 5.41) is 17.4. The first-order valence-corrected chi connectivity index (χ1v) is 7.23. The van der Waals surface area contributed by atoms with Gasteiger partial charge in [-0.3, -0.25) is 10.1 Å². The highest BCUT2D eigenvalue weighted by atomic mass is 16.6. The van der Waals surface area contributed by atoms with Crippen LogP contribution in [0.15, 0.2) is 0 Å². The van der Waals surface area contributed by atoms with E-state index < -0.39 is 4.92 Å². The molecule has 1 saturated heterocycles. The van der Waals surface area contributed by atoms with Crippen LogP contribution in [0.2, 0.25) is 0 Å². The monoisotopic (exact) mass is 295 g/mol. The summed E-state index contributed by atoms with van der Waals surface area (Å²) in [4.78, 5) is 19.2. The molecule has 1 fully saturated rings. The summed E-state index contributed by atoms with van der Waals surface area (Å²) >= 11 is 0. The number of hydrogen-bond acceptors (Lipinski definition) is 7. The average Bonchev–Trinajstić information content (AvgIpc) is 2.45. The molecular formula is C13H21N5O3. The lowest BCUT2D eigenvalue weighted by atomic mass is 10.1. The lowest BCUT2D eigenvalue weighted by Crippen LogP contribution is -2.31. The maximum Gasteiger partial charge on any atom is 0.332 e. The molecule has 0 radical (unpaired) electrons. The lowest BCUT2D eigenvalue weighted by Gasteiger charge is -2.23. The third kappa shape index (κ3) is 4.01. The quantitative estimate of drug-likeness (QED) is 0.612. The molecule has 0 aromatic carbocycles. The van der Waals surface area contributed by atoms with Crippen LogP contribution in [0.25, 0.3) is 0 Å². The van der Waals surface area contributed by atoms with Crippen molar-refractivity contribution in [3.63, 3.8) is 0 Å². The minimum Gasteiger partial charge on any atom is -0.379 e. The SMILES string of the molecule is CCCNc1nc(C)c([N+](=O)[O-])c(NC2CCCOC2)n1. The first-order valence-electron chi connectivity index (χ1n) is 7.23. The van der Waals surface area contributed by atoms with Gasteiger partial charge in [-0.25, -0.2) is 4.98 Å². The normalized spacial score (nSPS) is 18.3. The molecule has 2 rings (SSSR count). The molecule has 2 N–H and O–H groups in total. The van der Waals surface area contributed by atoms with E-state index in [0.29, 0.717) is 18.2 Å². The molecule has 21 heavy (non-hydrogen) atoms. The second kappa shape index (κ2) is 7.16. The van der Waals surface area contributed by atoms with Crippen molar-refractivity contribution in [2.45, 2.75) is 39.2 Å². The molecule has 1 aromatic heterocycles. The maximum atomic E-state index is 11.2. The van der Waals surface area contributed by atoms with Gasteiger partial charge in [-0.15, -0.1) is 0 Å². The zero-order valence-electron chi connectivity index (χ0n) is 12.4. The Morgan fingerprint density at radius 2 is 2.29 bits per heavy atom. The van der Waals surface area contributed by atoms with Crippen molar-refractivity contribution in [2.75, 3.05) is 30.4 Å². The number of rotatable bonds is 6. The summed E-state index contributed by atoms with van der Waals surface area (Å²) < 4.78 is 5.39. The third-order valence-electron chi connectivity index (χ3n) is 3.28. The Morgan fingerprint density at radius 3 is 2.90 bits per heavy atom. The van der Waals surface area contributed by atoms with E-state index in [9.17, 15) is 10.1 Å². The van der Waals surface area contributed by atoms with Gasteiger partial charge in [-0.2, -0.15) is 4.98 Å². The van der Waals surface area contributed by atoms with Crippen molar-refractivity contribution in [3.05, 3.63) is 15.8 Å². The van der Waals surface area contributed by atoms with E-state index in [-0.39, 0.29) is 17.5 Å². The Balaban J connectivity index is 2.25. The van der Waals surface area contributed by atoms with Gasteiger partial charge in [0.15, 0.2) is 0 Å². The van der Waals surface area contributed by atoms with Gasteiger partial charge < -0.3 is 15.4 Å². The van der Waals surface area contributed by atoms with Crippen LogP contribution in [0.5, 0.6) is 0 Å². The standard InChI is InChI=1S/C13H21N5O3/c1-3-6-14-13-15-9(2)11(18(19)20)12(17-13)16-10-5-4-7-21-8-10/h10H,3-8H2,1-2H3,(H2,14,15,16,17). The minimum atomic E-state index is -0.440. The number of nitrogens with one attached hydrogen (secondary N) is 2. The van der Waals surface area contributed by atoms with Gasteiger partial charge in [0.25, 0.3) is 0 Å². The van der Waals surface area contributed by atoms with Gasteiger partial charge in [-0.05, 0) is 26.2 Å². The zero-order valence-corrected chi connectivity index (χ0v) is 12.4. The Labute approximate surface area is 123 Å². The summed E-state index contributed by atoms with van der Waals surface area (Å²) in [5.41, 5.74) is 0.287. The molecule has 1 aliphatic rings. The Morgan fingerprint density at radius 1 is 1.48 bits per heavy atom. The molecule has 8 nitrogen and oxygen atoms in total. The number of aryl methyl sites for hydroxylation is 1. The van der Waals surface area contributed by atoms with Crippen molar-refractivity contribution in [1.82, 2.24) is 9.97 Å². The predicted octanol–water partition coefficient (Wildman–Crippen LogP) is 2.11. The van der Waals surface area contributed by atoms with Gasteiger partial charge in [-0.1, -0.05) is 6.92 Å². The molecule has 116 valence electrons. The molecule has 0 aliphatic carbocycles. The predicted molar refractivity (Wildman–Crippen MR) is 79.7 cm³/mol. The molecule has 0 amide bonds. The van der Waals surface area contributed by atoms with Crippen LogP contribution in [0.1, 0.15) is 31.9 Å². The number of hydrogen-bond donors (Lipinski definition) is 2. The largest absolute Gasteiger partial charge is 0.379 e. The summed E-state index contributed by atoms with van der Waals surface area (Å²) in [5.74, 6) is 0.681. The fraction of sp³-hybridized carbons (Fsp3) is 0.692. The highest BCUT2D eigenvalue weighted by Crippen LogP contribution is 2.28. The van der Waals surface area contributed by atoms with Gasteiger partial charge in [0, 0.05) is 13.2 Å². The summed E-state index contributed by atoms with van der Waals surface area (Å²) in [6.45, 7) is 5.66. The highest BCUT2D eigenvalue weighted by molar-refractivity contribution is 5.61. The number of aromatic nitrogens is 2. The second-order valence-corrected chi connectivity index (χ2v) is 5.07. The first kappa shape index (κ1) is 15.4. The average molecular weight is 295 g/mol. The van der Waals surface area contributed by atoms with Crippen molar-refractivity contribution in [1.29, 1.82) is 0 Å². The first-order chi connectivity index (χ1) is 10.1. The fourth-order valence-corrected chi connectivity index (χ4v) is 2.25. The van der Waals surface area contributed by atoms with Gasteiger partial charge in [0.1, 0.15) is 5.69 Å². The minimum absolute atomic E-state index is 0.0470. The topological polar surface area (TPSA) is 102 Å². The van der Waals surface area contributed by atoms with Crippen molar-refractivity contribution in [3.8, 4) is 0 Å². The van der Waals surface area contributed by atoms with E-state index in [1.165, 1.54) is 0 Å². The molecule has 0 spiro atoms. The second-order valence-electron chi connectivity index (χ2n) is 5.07. The van der Waals surface area contributed by atoms with Gasteiger partial charge >= 0.3 is 5.69 Å². The van der Waals surface area contributed by atoms with Gasteiger partial charge in [0.05, 0.1) is 17.6 Å². The molecule has 1 aromatic rings. The molecule has 1 unspecified atom stereocenters. The number of anilines is 2. The fourth-order valence-electron chi connectivity index (χ4n) is 2.25. The van der Waals surface area contributed by atoms with Crippen LogP contribution < -0.4 is 10.6 Å². The molecule has 2 heterocycles. The summed E-state index contributed by atoms with van der Waals surface area (Å²) in [6, 6.07) is 0.0470. The zero-order chi connectivity index (χ0) is 15.2. The number of nitrogens with zero attached hydrogens (tertiary/aromatic N) is 3. The van der Waals surface area contributed by atoms with E-state index in [1.54, 1.807) is 6.92 Å². The smallest absolute Gasteiger partial charge is 0.332 e. The van der Waals surface area contributed by atoms with Crippen molar-refractivity contribution >= 4 is 17.5 Å². The van der Waals surface area contributed by atoms with Crippen LogP contribution in [0.3, 0.4) is 0 Å². The van der Waals surface area contributed by atoms with Crippen LogP contribution in [0, 0.1) is 17.0 Å². The Bertz CT molecular complexity index is 503. The highest BCUT2D eigenvalue weighted by Gasteiger charge is 2.25. The summed E-state index contributed by atoms with van der Waals surface area (Å²) in [6.07, 6.45) is 2.78. The molecule has 0 bridgehead atoms. The Hall–Kier alpha value is -1.96. The molecule has 8 heteroatoms. The molecule has 1 atom stereocenters. The molecule has 0 saturated carbocycles. The van der Waals surface area contributed by atoms with E-state index in [0.717, 1.165) is 32.4 Å². The number of nitro groups is 1. The van der Waals surface area contributed by atoms with E-state index >= 15 is 0 Å². The van der Waals surface area contributed by atoms with Crippen LogP contribution in [-0.2, 0) is 4.74 Å². The van der Waals surface area contributed by atoms with Crippen molar-refractivity contribution in [2.24, 2.45) is 0 Å². The van der Waals surface area contributed by atoms with Crippen LogP contribution in [-0.4, -0.2) is 40.7 Å². The molecular weight excluding hydrogens is 274 g/mol. The van der Waals surface area contributed by atoms with E-state index in [2.05, 4.69) is 20.6 Å². The van der Waals surface area contributed by atoms with Crippen LogP contribution >= 0.6 is 0 Å². The Kier molecular flexibility index (Phi) is 5.26. The van der Waals surface area contributed by atoms with E-state index in [1.807, 2.05) is 6.92 Å². The molecule has 1 aliphatic heterocycles. The lowest BCUT2D eigenvalue weighted by molar-refractivity contribution is -0.385. The van der Waals surface area contributed by atoms with Gasteiger partial charge in [0.2, 0.25) is 11.8 Å². The number of ether oxygens (including phenoxy) is 1. The van der Waals surface area contributed by atoms with Crippen LogP contribution in [0.4, 0.5) is 17.5 Å². The summed E-state index contributed by atoms with van der Waals surface area (Å²) in [7, 11) is 0. The third-order valence-corrected chi connectivity index (χ3v) is 3.28. The van der Waals surface area contributed by atoms with Crippen molar-refractivity contribution < 1.29 is 9.66 Å².